The van der Waals surface area contributed by atoms with Crippen LogP contribution in [0.3, 0.4) is 0 Å². The number of anilines is 1. The maximum atomic E-state index is 11.6. The molecule has 0 aliphatic rings. The van der Waals surface area contributed by atoms with E-state index in [4.69, 9.17) is 16.0 Å². The Morgan fingerprint density at radius 3 is 2.62 bits per heavy atom. The number of nitrogen functional groups attached to an aromatic ring is 2. The van der Waals surface area contributed by atoms with E-state index in [9.17, 15) is 4.79 Å². The molecule has 106 valence electrons. The van der Waals surface area contributed by atoms with Crippen LogP contribution in [0.15, 0.2) is 34.7 Å². The molecule has 0 aliphatic carbocycles. The van der Waals surface area contributed by atoms with Crippen LogP contribution in [0.4, 0.5) is 5.69 Å². The molecule has 0 fully saturated rings. The summed E-state index contributed by atoms with van der Waals surface area (Å²) in [5, 5.41) is 0.522. The molecule has 3 rings (SSSR count). The van der Waals surface area contributed by atoms with Gasteiger partial charge in [0.15, 0.2) is 5.82 Å². The summed E-state index contributed by atoms with van der Waals surface area (Å²) in [6.45, 7) is 1.78. The SMILES string of the molecule is Cc1nc(-c2ccccc2)nc2oc(C(=O)NN)c(N)c12. The van der Waals surface area contributed by atoms with Crippen LogP contribution in [0.5, 0.6) is 0 Å². The number of amides is 1. The number of carbonyl (C=O) groups excluding carboxylic acids is 1. The van der Waals surface area contributed by atoms with E-state index in [1.807, 2.05) is 35.8 Å². The number of furan rings is 1. The van der Waals surface area contributed by atoms with Gasteiger partial charge in [0.1, 0.15) is 0 Å². The second-order valence-corrected chi connectivity index (χ2v) is 4.50. The minimum atomic E-state index is -0.605. The predicted octanol–water partition coefficient (Wildman–Crippen LogP) is 1.38. The topological polar surface area (TPSA) is 120 Å². The molecule has 0 bridgehead atoms. The summed E-state index contributed by atoms with van der Waals surface area (Å²) in [6, 6.07) is 9.47. The minimum absolute atomic E-state index is 0.0601. The number of hydrazine groups is 1. The van der Waals surface area contributed by atoms with E-state index in [1.54, 1.807) is 6.92 Å². The number of rotatable bonds is 2. The number of aromatic nitrogens is 2. The maximum Gasteiger partial charge on any atom is 0.303 e. The largest absolute Gasteiger partial charge is 0.430 e. The van der Waals surface area contributed by atoms with Gasteiger partial charge < -0.3 is 10.2 Å². The van der Waals surface area contributed by atoms with Gasteiger partial charge in [0, 0.05) is 5.56 Å². The first kappa shape index (κ1) is 13.1. The van der Waals surface area contributed by atoms with Crippen molar-refractivity contribution in [2.45, 2.75) is 6.92 Å². The normalized spacial score (nSPS) is 10.8. The zero-order valence-electron chi connectivity index (χ0n) is 11.3. The van der Waals surface area contributed by atoms with E-state index in [1.165, 1.54) is 0 Å². The molecular weight excluding hydrogens is 270 g/mol. The fraction of sp³-hybridized carbons (Fsp3) is 0.0714. The van der Waals surface area contributed by atoms with Gasteiger partial charge in [-0.15, -0.1) is 0 Å². The Bertz CT molecular complexity index is 826. The van der Waals surface area contributed by atoms with Crippen molar-refractivity contribution in [2.24, 2.45) is 5.84 Å². The van der Waals surface area contributed by atoms with Crippen molar-refractivity contribution in [3.63, 3.8) is 0 Å². The summed E-state index contributed by atoms with van der Waals surface area (Å²) in [5.41, 5.74) is 9.83. The van der Waals surface area contributed by atoms with Gasteiger partial charge in [-0.25, -0.2) is 10.8 Å². The predicted molar refractivity (Wildman–Crippen MR) is 78.0 cm³/mol. The number of nitrogens with two attached hydrogens (primary N) is 2. The van der Waals surface area contributed by atoms with Crippen molar-refractivity contribution in [3.05, 3.63) is 41.8 Å². The Balaban J connectivity index is 2.23. The van der Waals surface area contributed by atoms with Crippen LogP contribution in [-0.4, -0.2) is 15.9 Å². The third kappa shape index (κ3) is 2.09. The molecule has 2 heterocycles. The van der Waals surface area contributed by atoms with Gasteiger partial charge in [-0.2, -0.15) is 4.98 Å². The fourth-order valence-electron chi connectivity index (χ4n) is 2.15. The van der Waals surface area contributed by atoms with Crippen LogP contribution in [-0.2, 0) is 0 Å². The number of benzene rings is 1. The summed E-state index contributed by atoms with van der Waals surface area (Å²) in [4.78, 5) is 20.4. The lowest BCUT2D eigenvalue weighted by Crippen LogP contribution is -2.30. The Kier molecular flexibility index (Phi) is 3.03. The highest BCUT2D eigenvalue weighted by Crippen LogP contribution is 2.30. The summed E-state index contributed by atoms with van der Waals surface area (Å²) < 4.78 is 5.43. The fourth-order valence-corrected chi connectivity index (χ4v) is 2.15. The first-order chi connectivity index (χ1) is 10.1. The number of fused-ring (bicyclic) bond motifs is 1. The summed E-state index contributed by atoms with van der Waals surface area (Å²) in [5.74, 6) is 4.95. The molecule has 1 amide bonds. The molecular formula is C14H13N5O2. The van der Waals surface area contributed by atoms with Gasteiger partial charge in [-0.3, -0.25) is 10.2 Å². The molecule has 2 aromatic heterocycles. The van der Waals surface area contributed by atoms with Crippen LogP contribution >= 0.6 is 0 Å². The van der Waals surface area contributed by atoms with Gasteiger partial charge in [-0.1, -0.05) is 30.3 Å². The zero-order chi connectivity index (χ0) is 15.0. The average Bonchev–Trinajstić information content (AvgIpc) is 2.85. The lowest BCUT2D eigenvalue weighted by molar-refractivity contribution is 0.0929. The van der Waals surface area contributed by atoms with Crippen molar-refractivity contribution in [2.75, 3.05) is 5.73 Å². The van der Waals surface area contributed by atoms with Crippen LogP contribution in [0, 0.1) is 6.92 Å². The quantitative estimate of drug-likeness (QED) is 0.371. The molecule has 0 saturated carbocycles. The van der Waals surface area contributed by atoms with Crippen molar-refractivity contribution in [3.8, 4) is 11.4 Å². The van der Waals surface area contributed by atoms with Crippen molar-refractivity contribution >= 4 is 22.7 Å². The van der Waals surface area contributed by atoms with E-state index >= 15 is 0 Å². The highest BCUT2D eigenvalue weighted by molar-refractivity contribution is 6.05. The van der Waals surface area contributed by atoms with Gasteiger partial charge in [0.2, 0.25) is 11.5 Å². The first-order valence-corrected chi connectivity index (χ1v) is 6.24. The Labute approximate surface area is 119 Å². The highest BCUT2D eigenvalue weighted by Gasteiger charge is 2.21. The van der Waals surface area contributed by atoms with Crippen LogP contribution in [0.25, 0.3) is 22.5 Å². The number of aryl methyl sites for hydroxylation is 1. The second kappa shape index (κ2) is 4.88. The Morgan fingerprint density at radius 1 is 1.24 bits per heavy atom. The molecule has 7 heteroatoms. The zero-order valence-corrected chi connectivity index (χ0v) is 11.3. The van der Waals surface area contributed by atoms with Gasteiger partial charge >= 0.3 is 5.91 Å². The molecule has 21 heavy (non-hydrogen) atoms. The van der Waals surface area contributed by atoms with Gasteiger partial charge in [0.25, 0.3) is 0 Å². The van der Waals surface area contributed by atoms with E-state index in [0.717, 1.165) is 5.56 Å². The molecule has 1 aromatic carbocycles. The summed E-state index contributed by atoms with van der Waals surface area (Å²) in [6.07, 6.45) is 0. The molecule has 0 atom stereocenters. The summed E-state index contributed by atoms with van der Waals surface area (Å²) >= 11 is 0. The van der Waals surface area contributed by atoms with Crippen molar-refractivity contribution in [1.82, 2.24) is 15.4 Å². The number of carbonyl (C=O) groups is 1. The monoisotopic (exact) mass is 283 g/mol. The van der Waals surface area contributed by atoms with Gasteiger partial charge in [-0.05, 0) is 6.92 Å². The molecule has 5 N–H and O–H groups in total. The third-order valence-electron chi connectivity index (χ3n) is 3.14. The first-order valence-electron chi connectivity index (χ1n) is 6.24. The lowest BCUT2D eigenvalue weighted by atomic mass is 10.2. The van der Waals surface area contributed by atoms with Crippen LogP contribution < -0.4 is 17.0 Å². The second-order valence-electron chi connectivity index (χ2n) is 4.50. The standard InChI is InChI=1S/C14H13N5O2/c1-7-9-10(15)11(13(20)19-16)21-14(9)18-12(17-7)8-5-3-2-4-6-8/h2-6H,15-16H2,1H3,(H,19,20). The van der Waals surface area contributed by atoms with E-state index in [-0.39, 0.29) is 17.2 Å². The smallest absolute Gasteiger partial charge is 0.303 e. The van der Waals surface area contributed by atoms with Crippen molar-refractivity contribution in [1.29, 1.82) is 0 Å². The third-order valence-corrected chi connectivity index (χ3v) is 3.14. The maximum absolute atomic E-state index is 11.6. The number of nitrogens with one attached hydrogen (secondary N) is 1. The molecule has 0 radical (unpaired) electrons. The lowest BCUT2D eigenvalue weighted by Gasteiger charge is -2.02. The van der Waals surface area contributed by atoms with E-state index < -0.39 is 5.91 Å². The van der Waals surface area contributed by atoms with Crippen LogP contribution in [0.2, 0.25) is 0 Å². The van der Waals surface area contributed by atoms with E-state index in [0.29, 0.717) is 16.9 Å². The Hall–Kier alpha value is -2.93. The number of hydrogen-bond donors (Lipinski definition) is 3. The molecule has 0 unspecified atom stereocenters. The molecule has 0 saturated heterocycles. The van der Waals surface area contributed by atoms with E-state index in [2.05, 4.69) is 9.97 Å². The number of hydrogen-bond acceptors (Lipinski definition) is 6. The van der Waals surface area contributed by atoms with Crippen molar-refractivity contribution < 1.29 is 9.21 Å². The average molecular weight is 283 g/mol. The molecule has 0 spiro atoms. The molecule has 3 aromatic rings. The van der Waals surface area contributed by atoms with Crippen LogP contribution in [0.1, 0.15) is 16.2 Å². The highest BCUT2D eigenvalue weighted by atomic mass is 16.4. The summed E-state index contributed by atoms with van der Waals surface area (Å²) in [7, 11) is 0. The van der Waals surface area contributed by atoms with Gasteiger partial charge in [0.05, 0.1) is 16.8 Å². The molecule has 0 aliphatic heterocycles. The number of nitrogens with zero attached hydrogens (tertiary/aromatic N) is 2. The minimum Gasteiger partial charge on any atom is -0.430 e. The Morgan fingerprint density at radius 2 is 1.95 bits per heavy atom. The molecule has 7 nitrogen and oxygen atoms in total.